The normalized spacial score (nSPS) is 22.6. The molecule has 0 atom stereocenters. The summed E-state index contributed by atoms with van der Waals surface area (Å²) in [7, 11) is 1.80. The van der Waals surface area contributed by atoms with Crippen molar-refractivity contribution in [3.63, 3.8) is 0 Å². The maximum absolute atomic E-state index is 5.29. The van der Waals surface area contributed by atoms with E-state index in [4.69, 9.17) is 4.74 Å². The first kappa shape index (κ1) is 13.4. The van der Waals surface area contributed by atoms with Gasteiger partial charge in [-0.15, -0.1) is 0 Å². The number of rotatable bonds is 7. The number of benzene rings is 1. The van der Waals surface area contributed by atoms with Gasteiger partial charge in [0.05, 0.1) is 6.10 Å². The van der Waals surface area contributed by atoms with Crippen molar-refractivity contribution in [3.8, 4) is 0 Å². The fourth-order valence-electron chi connectivity index (χ4n) is 2.46. The zero-order valence-corrected chi connectivity index (χ0v) is 11.6. The first-order chi connectivity index (χ1) is 8.81. The van der Waals surface area contributed by atoms with Gasteiger partial charge in [0.15, 0.2) is 0 Å². The Morgan fingerprint density at radius 2 is 1.89 bits per heavy atom. The fourth-order valence-corrected chi connectivity index (χ4v) is 2.46. The van der Waals surface area contributed by atoms with Crippen LogP contribution in [0.15, 0.2) is 24.3 Å². The quantitative estimate of drug-likeness (QED) is 0.735. The number of hydrogen-bond donors (Lipinski definition) is 1. The first-order valence-electron chi connectivity index (χ1n) is 7.20. The summed E-state index contributed by atoms with van der Waals surface area (Å²) >= 11 is 0. The fraction of sp³-hybridized carbons (Fsp3) is 0.625. The van der Waals surface area contributed by atoms with Crippen molar-refractivity contribution in [2.24, 2.45) is 0 Å². The van der Waals surface area contributed by atoms with Gasteiger partial charge in [-0.1, -0.05) is 31.9 Å². The smallest absolute Gasteiger partial charge is 0.0610 e. The lowest BCUT2D eigenvalue weighted by Gasteiger charge is -2.35. The number of anilines is 1. The van der Waals surface area contributed by atoms with E-state index in [1.807, 2.05) is 0 Å². The zero-order chi connectivity index (χ0) is 12.8. The summed E-state index contributed by atoms with van der Waals surface area (Å²) in [6.07, 6.45) is 7.88. The van der Waals surface area contributed by atoms with Crippen LogP contribution in [0.3, 0.4) is 0 Å². The van der Waals surface area contributed by atoms with E-state index in [1.165, 1.54) is 36.9 Å². The number of ether oxygens (including phenoxy) is 1. The van der Waals surface area contributed by atoms with Crippen molar-refractivity contribution in [1.29, 1.82) is 0 Å². The highest BCUT2D eigenvalue weighted by atomic mass is 16.5. The average Bonchev–Trinajstić information content (AvgIpc) is 2.35. The third-order valence-electron chi connectivity index (χ3n) is 3.82. The lowest BCUT2D eigenvalue weighted by molar-refractivity contribution is 0.0329. The second kappa shape index (κ2) is 6.79. The van der Waals surface area contributed by atoms with Gasteiger partial charge in [-0.3, -0.25) is 0 Å². The molecule has 1 aromatic carbocycles. The predicted molar refractivity (Wildman–Crippen MR) is 77.1 cm³/mol. The van der Waals surface area contributed by atoms with Crippen LogP contribution in [-0.2, 0) is 11.2 Å². The average molecular weight is 247 g/mol. The maximum atomic E-state index is 5.29. The topological polar surface area (TPSA) is 21.3 Å². The molecule has 0 heterocycles. The van der Waals surface area contributed by atoms with Gasteiger partial charge >= 0.3 is 0 Å². The Balaban J connectivity index is 1.74. The van der Waals surface area contributed by atoms with Gasteiger partial charge in [0, 0.05) is 18.8 Å². The van der Waals surface area contributed by atoms with Crippen LogP contribution in [0.25, 0.3) is 0 Å². The van der Waals surface area contributed by atoms with Gasteiger partial charge < -0.3 is 10.1 Å². The summed E-state index contributed by atoms with van der Waals surface area (Å²) in [5, 5.41) is 3.56. The van der Waals surface area contributed by atoms with Crippen molar-refractivity contribution in [3.05, 3.63) is 29.8 Å². The van der Waals surface area contributed by atoms with Gasteiger partial charge in [0.2, 0.25) is 0 Å². The summed E-state index contributed by atoms with van der Waals surface area (Å²) < 4.78 is 5.29. The second-order valence-corrected chi connectivity index (χ2v) is 5.32. The molecule has 2 heteroatoms. The third-order valence-corrected chi connectivity index (χ3v) is 3.82. The van der Waals surface area contributed by atoms with Crippen LogP contribution in [-0.4, -0.2) is 19.3 Å². The first-order valence-corrected chi connectivity index (χ1v) is 7.20. The molecular formula is C16H25NO. The zero-order valence-electron chi connectivity index (χ0n) is 11.6. The Labute approximate surface area is 111 Å². The molecule has 0 aromatic heterocycles. The van der Waals surface area contributed by atoms with Crippen LogP contribution in [0.1, 0.15) is 44.6 Å². The minimum atomic E-state index is 0.468. The summed E-state index contributed by atoms with van der Waals surface area (Å²) in [5.41, 5.74) is 2.70. The van der Waals surface area contributed by atoms with Gasteiger partial charge in [0.1, 0.15) is 0 Å². The molecule has 0 unspecified atom stereocenters. The molecule has 1 N–H and O–H groups in total. The molecule has 18 heavy (non-hydrogen) atoms. The standard InChI is InChI=1S/C16H25NO/c1-3-4-5-6-13-7-9-14(10-8-13)17-15-11-16(12-15)18-2/h7-10,15-17H,3-6,11-12H2,1-2H3. The third kappa shape index (κ3) is 3.74. The SMILES string of the molecule is CCCCCc1ccc(NC2CC(OC)C2)cc1. The number of unbranched alkanes of at least 4 members (excludes halogenated alkanes) is 2. The Morgan fingerprint density at radius 3 is 2.50 bits per heavy atom. The lowest BCUT2D eigenvalue weighted by Crippen LogP contribution is -2.40. The van der Waals surface area contributed by atoms with E-state index >= 15 is 0 Å². The van der Waals surface area contributed by atoms with Crippen molar-refractivity contribution in [2.45, 2.75) is 57.6 Å². The monoisotopic (exact) mass is 247 g/mol. The van der Waals surface area contributed by atoms with Gasteiger partial charge in [-0.05, 0) is 43.4 Å². The molecule has 0 bridgehead atoms. The number of hydrogen-bond acceptors (Lipinski definition) is 2. The molecule has 0 spiro atoms. The van der Waals surface area contributed by atoms with E-state index < -0.39 is 0 Å². The maximum Gasteiger partial charge on any atom is 0.0610 e. The van der Waals surface area contributed by atoms with E-state index in [-0.39, 0.29) is 0 Å². The number of nitrogens with one attached hydrogen (secondary N) is 1. The molecule has 1 fully saturated rings. The van der Waals surface area contributed by atoms with Crippen LogP contribution in [0.5, 0.6) is 0 Å². The number of methoxy groups -OCH3 is 1. The predicted octanol–water partition coefficient (Wildman–Crippen LogP) is 4.01. The van der Waals surface area contributed by atoms with Crippen LogP contribution in [0.4, 0.5) is 5.69 Å². The second-order valence-electron chi connectivity index (χ2n) is 5.32. The molecule has 0 radical (unpaired) electrons. The molecule has 1 aromatic rings. The highest BCUT2D eigenvalue weighted by Crippen LogP contribution is 2.26. The van der Waals surface area contributed by atoms with E-state index in [2.05, 4.69) is 36.5 Å². The van der Waals surface area contributed by atoms with E-state index in [0.29, 0.717) is 12.1 Å². The van der Waals surface area contributed by atoms with Crippen LogP contribution >= 0.6 is 0 Å². The molecule has 0 aliphatic heterocycles. The minimum Gasteiger partial charge on any atom is -0.382 e. The van der Waals surface area contributed by atoms with Gasteiger partial charge in [-0.25, -0.2) is 0 Å². The van der Waals surface area contributed by atoms with E-state index in [1.54, 1.807) is 7.11 Å². The highest BCUT2D eigenvalue weighted by molar-refractivity contribution is 5.46. The Hall–Kier alpha value is -1.02. The Bertz CT molecular complexity index is 341. The molecule has 1 aliphatic carbocycles. The van der Waals surface area contributed by atoms with Gasteiger partial charge in [0.25, 0.3) is 0 Å². The number of aryl methyl sites for hydroxylation is 1. The van der Waals surface area contributed by atoms with Gasteiger partial charge in [-0.2, -0.15) is 0 Å². The van der Waals surface area contributed by atoms with Crippen LogP contribution in [0.2, 0.25) is 0 Å². The molecular weight excluding hydrogens is 222 g/mol. The van der Waals surface area contributed by atoms with Crippen LogP contribution < -0.4 is 5.32 Å². The van der Waals surface area contributed by atoms with E-state index in [9.17, 15) is 0 Å². The largest absolute Gasteiger partial charge is 0.382 e. The molecule has 2 rings (SSSR count). The summed E-state index contributed by atoms with van der Waals surface area (Å²) in [6.45, 7) is 2.25. The van der Waals surface area contributed by atoms with E-state index in [0.717, 1.165) is 12.8 Å². The minimum absolute atomic E-state index is 0.468. The molecule has 1 aliphatic rings. The summed E-state index contributed by atoms with van der Waals surface area (Å²) in [4.78, 5) is 0. The molecule has 2 nitrogen and oxygen atoms in total. The van der Waals surface area contributed by atoms with Crippen molar-refractivity contribution >= 4 is 5.69 Å². The van der Waals surface area contributed by atoms with Crippen LogP contribution in [0, 0.1) is 0 Å². The summed E-state index contributed by atoms with van der Waals surface area (Å²) in [6, 6.07) is 9.53. The Kier molecular flexibility index (Phi) is 5.06. The van der Waals surface area contributed by atoms with Crippen molar-refractivity contribution in [2.75, 3.05) is 12.4 Å². The lowest BCUT2D eigenvalue weighted by atomic mass is 9.89. The Morgan fingerprint density at radius 1 is 1.17 bits per heavy atom. The molecule has 100 valence electrons. The molecule has 1 saturated carbocycles. The highest BCUT2D eigenvalue weighted by Gasteiger charge is 2.28. The van der Waals surface area contributed by atoms with Crippen molar-refractivity contribution < 1.29 is 4.74 Å². The summed E-state index contributed by atoms with van der Waals surface area (Å²) in [5.74, 6) is 0. The molecule has 0 amide bonds. The molecule has 0 saturated heterocycles. The van der Waals surface area contributed by atoms with Crippen molar-refractivity contribution in [1.82, 2.24) is 0 Å².